The number of carbonyl (C=O) groups is 4. The van der Waals surface area contributed by atoms with E-state index in [0.29, 0.717) is 5.56 Å². The number of carbonyl (C=O) groups excluding carboxylic acids is 4. The van der Waals surface area contributed by atoms with E-state index in [9.17, 15) is 29.3 Å². The lowest BCUT2D eigenvalue weighted by Gasteiger charge is -2.42. The van der Waals surface area contributed by atoms with E-state index >= 15 is 0 Å². The summed E-state index contributed by atoms with van der Waals surface area (Å²) in [6.07, 6.45) is -0.729. The van der Waals surface area contributed by atoms with E-state index in [1.54, 1.807) is 6.92 Å². The average Bonchev–Trinajstić information content (AvgIpc) is 2.73. The van der Waals surface area contributed by atoms with Crippen LogP contribution in [0, 0.1) is 27.4 Å². The van der Waals surface area contributed by atoms with Crippen molar-refractivity contribution in [3.63, 3.8) is 0 Å². The molecule has 0 spiro atoms. The molecule has 12 heteroatoms. The Morgan fingerprint density at radius 1 is 1.26 bits per heavy atom. The van der Waals surface area contributed by atoms with Crippen LogP contribution in [0.3, 0.4) is 0 Å². The monoisotopic (exact) mass is 434 g/mol. The molecule has 1 heterocycles. The maximum absolute atomic E-state index is 12.5. The number of rotatable bonds is 9. The van der Waals surface area contributed by atoms with Gasteiger partial charge in [0, 0.05) is 24.1 Å². The van der Waals surface area contributed by atoms with Gasteiger partial charge in [0.1, 0.15) is 6.61 Å². The summed E-state index contributed by atoms with van der Waals surface area (Å²) in [6, 6.07) is 3.95. The number of β-lactam (4-membered cyclic amide) rings is 1. The standard InChI is InChI=1S/C19H22N4O8/c1-9(15-13(17(25)22-15)10(2)21-19(27)30-3)16(24)14(20)18(26)31-8-11-4-6-12(7-5-11)23(28)29/h4-7,9-10,13,15,20H,8H2,1-3H3,(H,21,27)(H,22,25)/t9-,10-,13-,15-/m1/s1. The van der Waals surface area contributed by atoms with E-state index in [4.69, 9.17) is 10.1 Å². The molecule has 3 N–H and O–H groups in total. The van der Waals surface area contributed by atoms with Crippen molar-refractivity contribution in [2.75, 3.05) is 7.11 Å². The van der Waals surface area contributed by atoms with Crippen LogP contribution in [0.25, 0.3) is 0 Å². The zero-order valence-corrected chi connectivity index (χ0v) is 17.0. The maximum atomic E-state index is 12.5. The number of nitro benzene ring substituents is 1. The van der Waals surface area contributed by atoms with Gasteiger partial charge in [0.2, 0.25) is 5.91 Å². The molecule has 4 atom stereocenters. The molecule has 0 bridgehead atoms. The van der Waals surface area contributed by atoms with Crippen molar-refractivity contribution < 1.29 is 33.6 Å². The van der Waals surface area contributed by atoms with Gasteiger partial charge in [0.05, 0.1) is 24.0 Å². The van der Waals surface area contributed by atoms with Gasteiger partial charge >= 0.3 is 12.1 Å². The summed E-state index contributed by atoms with van der Waals surface area (Å²) < 4.78 is 9.43. The second-order valence-corrected chi connectivity index (χ2v) is 7.01. The van der Waals surface area contributed by atoms with E-state index in [0.717, 1.165) is 0 Å². The Morgan fingerprint density at radius 2 is 1.87 bits per heavy atom. The van der Waals surface area contributed by atoms with E-state index in [2.05, 4.69) is 15.4 Å². The van der Waals surface area contributed by atoms with E-state index in [1.165, 1.54) is 38.3 Å². The molecule has 2 amide bonds. The quantitative estimate of drug-likeness (QED) is 0.127. The fourth-order valence-corrected chi connectivity index (χ4v) is 3.15. The van der Waals surface area contributed by atoms with Crippen LogP contribution >= 0.6 is 0 Å². The molecular weight excluding hydrogens is 412 g/mol. The lowest BCUT2D eigenvalue weighted by Crippen LogP contribution is -2.68. The Hall–Kier alpha value is -3.83. The van der Waals surface area contributed by atoms with Gasteiger partial charge in [-0.05, 0) is 24.6 Å². The maximum Gasteiger partial charge on any atom is 0.407 e. The molecule has 1 fully saturated rings. The second kappa shape index (κ2) is 9.78. The Balaban J connectivity index is 1.94. The number of non-ortho nitro benzene ring substituents is 1. The van der Waals surface area contributed by atoms with Crippen molar-refractivity contribution in [1.82, 2.24) is 10.6 Å². The molecular formula is C19H22N4O8. The third-order valence-corrected chi connectivity index (χ3v) is 4.99. The van der Waals surface area contributed by atoms with E-state index in [1.807, 2.05) is 0 Å². The number of methoxy groups -OCH3 is 1. The summed E-state index contributed by atoms with van der Waals surface area (Å²) in [4.78, 5) is 58.0. The van der Waals surface area contributed by atoms with E-state index < -0.39 is 52.4 Å². The van der Waals surface area contributed by atoms with Crippen molar-refractivity contribution in [2.24, 2.45) is 11.8 Å². The molecule has 31 heavy (non-hydrogen) atoms. The SMILES string of the molecule is COC(=O)N[C@H](C)[C@H]1C(=O)N[C@@H]1[C@@H](C)C(=O)C(=N)C(=O)OCc1ccc([N+](=O)[O-])cc1. The summed E-state index contributed by atoms with van der Waals surface area (Å²) >= 11 is 0. The molecule has 1 aliphatic heterocycles. The number of esters is 1. The topological polar surface area (TPSA) is 178 Å². The van der Waals surface area contributed by atoms with Crippen LogP contribution in [0.15, 0.2) is 24.3 Å². The van der Waals surface area contributed by atoms with Crippen LogP contribution in [0.4, 0.5) is 10.5 Å². The number of ketones is 1. The summed E-state index contributed by atoms with van der Waals surface area (Å²) in [5.41, 5.74) is -0.566. The predicted octanol–water partition coefficient (Wildman–Crippen LogP) is 0.722. The molecule has 0 saturated carbocycles. The lowest BCUT2D eigenvalue weighted by atomic mass is 9.75. The fourth-order valence-electron chi connectivity index (χ4n) is 3.15. The van der Waals surface area contributed by atoms with Gasteiger partial charge in [-0.1, -0.05) is 6.92 Å². The van der Waals surface area contributed by atoms with Crippen LogP contribution in [0.1, 0.15) is 19.4 Å². The molecule has 0 unspecified atom stereocenters. The second-order valence-electron chi connectivity index (χ2n) is 7.01. The summed E-state index contributed by atoms with van der Waals surface area (Å²) in [7, 11) is 1.18. The molecule has 0 aliphatic carbocycles. The molecule has 166 valence electrons. The van der Waals surface area contributed by atoms with Gasteiger partial charge in [-0.3, -0.25) is 25.1 Å². The van der Waals surface area contributed by atoms with Gasteiger partial charge in [0.25, 0.3) is 5.69 Å². The predicted molar refractivity (Wildman–Crippen MR) is 105 cm³/mol. The number of amides is 2. The zero-order valence-electron chi connectivity index (χ0n) is 17.0. The van der Waals surface area contributed by atoms with Gasteiger partial charge in [-0.25, -0.2) is 9.59 Å². The first kappa shape index (κ1) is 23.4. The summed E-state index contributed by atoms with van der Waals surface area (Å²) in [5, 5.41) is 23.5. The smallest absolute Gasteiger partial charge is 0.407 e. The highest BCUT2D eigenvalue weighted by molar-refractivity contribution is 6.63. The molecule has 0 radical (unpaired) electrons. The number of nitro groups is 1. The fraction of sp³-hybridized carbons (Fsp3) is 0.421. The molecule has 1 aromatic carbocycles. The third-order valence-electron chi connectivity index (χ3n) is 4.99. The summed E-state index contributed by atoms with van der Waals surface area (Å²) in [5.74, 6) is -4.00. The molecule has 1 saturated heterocycles. The molecule has 12 nitrogen and oxygen atoms in total. The first-order valence-electron chi connectivity index (χ1n) is 9.24. The normalized spacial score (nSPS) is 19.1. The number of nitrogens with zero attached hydrogens (tertiary/aromatic N) is 1. The third kappa shape index (κ3) is 5.41. The van der Waals surface area contributed by atoms with Crippen LogP contribution in [0.2, 0.25) is 0 Å². The minimum atomic E-state index is -1.15. The van der Waals surface area contributed by atoms with Gasteiger partial charge < -0.3 is 20.1 Å². The average molecular weight is 434 g/mol. The minimum Gasteiger partial charge on any atom is -0.456 e. The van der Waals surface area contributed by atoms with Crippen molar-refractivity contribution in [1.29, 1.82) is 5.41 Å². The first-order chi connectivity index (χ1) is 14.6. The number of nitrogens with one attached hydrogen (secondary N) is 3. The Morgan fingerprint density at radius 3 is 2.39 bits per heavy atom. The molecule has 1 aromatic rings. The number of alkyl carbamates (subject to hydrolysis) is 1. The van der Waals surface area contributed by atoms with Crippen LogP contribution in [0.5, 0.6) is 0 Å². The molecule has 0 aromatic heterocycles. The zero-order chi connectivity index (χ0) is 23.3. The Bertz CT molecular complexity index is 914. The number of Topliss-reactive ketones (excluding diaryl/α,β-unsaturated/α-hetero) is 1. The van der Waals surface area contributed by atoms with Crippen molar-refractivity contribution >= 4 is 35.2 Å². The van der Waals surface area contributed by atoms with Crippen molar-refractivity contribution in [3.8, 4) is 0 Å². The first-order valence-corrected chi connectivity index (χ1v) is 9.24. The minimum absolute atomic E-state index is 0.125. The Labute approximate surface area is 176 Å². The van der Waals surface area contributed by atoms with E-state index in [-0.39, 0.29) is 18.2 Å². The number of hydrogen-bond acceptors (Lipinski definition) is 9. The van der Waals surface area contributed by atoms with Gasteiger partial charge in [0.15, 0.2) is 11.5 Å². The highest BCUT2D eigenvalue weighted by Gasteiger charge is 2.48. The molecule has 2 rings (SSSR count). The van der Waals surface area contributed by atoms with Crippen LogP contribution < -0.4 is 10.6 Å². The number of ether oxygens (including phenoxy) is 2. The number of hydrogen-bond donors (Lipinski definition) is 3. The highest BCUT2D eigenvalue weighted by Crippen LogP contribution is 2.26. The van der Waals surface area contributed by atoms with Crippen molar-refractivity contribution in [2.45, 2.75) is 32.5 Å². The van der Waals surface area contributed by atoms with Gasteiger partial charge in [-0.2, -0.15) is 0 Å². The lowest BCUT2D eigenvalue weighted by molar-refractivity contribution is -0.384. The van der Waals surface area contributed by atoms with Gasteiger partial charge in [-0.15, -0.1) is 0 Å². The largest absolute Gasteiger partial charge is 0.456 e. The van der Waals surface area contributed by atoms with Crippen molar-refractivity contribution in [3.05, 3.63) is 39.9 Å². The molecule has 1 aliphatic rings. The van der Waals surface area contributed by atoms with Crippen LogP contribution in [-0.4, -0.2) is 53.6 Å². The summed E-state index contributed by atoms with van der Waals surface area (Å²) in [6.45, 7) is 2.76. The number of benzene rings is 1. The van der Waals surface area contributed by atoms with Crippen LogP contribution in [-0.2, 0) is 30.5 Å². The Kier molecular flexibility index (Phi) is 7.40. The highest BCUT2D eigenvalue weighted by atomic mass is 16.6.